The topological polar surface area (TPSA) is 71.3 Å². The Morgan fingerprint density at radius 1 is 1.04 bits per heavy atom. The first-order valence-electron chi connectivity index (χ1n) is 7.91. The molecule has 2 N–H and O–H groups in total. The average molecular weight is 354 g/mol. The minimum Gasteiger partial charge on any atom is -0.459 e. The van der Waals surface area contributed by atoms with Gasteiger partial charge in [0, 0.05) is 11.3 Å². The predicted molar refractivity (Wildman–Crippen MR) is 96.3 cm³/mol. The van der Waals surface area contributed by atoms with Crippen LogP contribution < -0.4 is 10.6 Å². The summed E-state index contributed by atoms with van der Waals surface area (Å²) in [5.41, 5.74) is 0.971. The molecule has 0 spiro atoms. The molecule has 0 aliphatic heterocycles. The number of furan rings is 1. The van der Waals surface area contributed by atoms with Gasteiger partial charge >= 0.3 is 0 Å². The van der Waals surface area contributed by atoms with Gasteiger partial charge in [-0.15, -0.1) is 11.3 Å². The zero-order chi connectivity index (χ0) is 17.5. The summed E-state index contributed by atoms with van der Waals surface area (Å²) in [4.78, 5) is 25.9. The van der Waals surface area contributed by atoms with Crippen LogP contribution in [0.25, 0.3) is 0 Å². The standard InChI is InChI=1S/C19H18N2O3S/c22-18(20-13-15-8-5-11-25-15)16(12-14-6-2-1-3-7-14)21-19(23)17-9-4-10-24-17/h1-11,16H,12-13H2,(H,20,22)(H,21,23). The zero-order valence-corrected chi connectivity index (χ0v) is 14.3. The zero-order valence-electron chi connectivity index (χ0n) is 13.5. The van der Waals surface area contributed by atoms with Crippen molar-refractivity contribution < 1.29 is 14.0 Å². The Labute approximate surface area is 149 Å². The first-order valence-corrected chi connectivity index (χ1v) is 8.79. The van der Waals surface area contributed by atoms with E-state index in [1.807, 2.05) is 47.8 Å². The van der Waals surface area contributed by atoms with Gasteiger partial charge in [0.2, 0.25) is 5.91 Å². The van der Waals surface area contributed by atoms with E-state index >= 15 is 0 Å². The van der Waals surface area contributed by atoms with Gasteiger partial charge in [-0.25, -0.2) is 0 Å². The van der Waals surface area contributed by atoms with E-state index in [1.165, 1.54) is 6.26 Å². The molecule has 0 aliphatic carbocycles. The Hall–Kier alpha value is -2.86. The summed E-state index contributed by atoms with van der Waals surface area (Å²) in [7, 11) is 0. The first-order chi connectivity index (χ1) is 12.2. The number of nitrogens with one attached hydrogen (secondary N) is 2. The molecule has 0 fully saturated rings. The number of benzene rings is 1. The van der Waals surface area contributed by atoms with Crippen LogP contribution in [0, 0.1) is 0 Å². The summed E-state index contributed by atoms with van der Waals surface area (Å²) in [6.07, 6.45) is 1.83. The molecule has 1 atom stereocenters. The lowest BCUT2D eigenvalue weighted by molar-refractivity contribution is -0.123. The number of rotatable bonds is 7. The SMILES string of the molecule is O=C(NC(Cc1ccccc1)C(=O)NCc1cccs1)c1ccco1. The lowest BCUT2D eigenvalue weighted by atomic mass is 10.1. The molecule has 0 saturated carbocycles. The van der Waals surface area contributed by atoms with Crippen LogP contribution in [0.1, 0.15) is 21.0 Å². The second-order valence-electron chi connectivity index (χ2n) is 5.49. The summed E-state index contributed by atoms with van der Waals surface area (Å²) in [6.45, 7) is 0.443. The Bertz CT molecular complexity index is 799. The fraction of sp³-hybridized carbons (Fsp3) is 0.158. The van der Waals surface area contributed by atoms with Crippen LogP contribution >= 0.6 is 11.3 Å². The molecule has 0 radical (unpaired) electrons. The molecule has 0 aliphatic rings. The minimum atomic E-state index is -0.681. The Kier molecular flexibility index (Phi) is 5.64. The smallest absolute Gasteiger partial charge is 0.287 e. The lowest BCUT2D eigenvalue weighted by Gasteiger charge is -2.18. The van der Waals surface area contributed by atoms with Crippen molar-refractivity contribution in [2.45, 2.75) is 19.0 Å². The average Bonchev–Trinajstić information content (AvgIpc) is 3.33. The fourth-order valence-corrected chi connectivity index (χ4v) is 3.05. The quantitative estimate of drug-likeness (QED) is 0.685. The second-order valence-corrected chi connectivity index (χ2v) is 6.52. The van der Waals surface area contributed by atoms with E-state index in [-0.39, 0.29) is 11.7 Å². The molecule has 3 aromatic rings. The third-order valence-electron chi connectivity index (χ3n) is 3.67. The van der Waals surface area contributed by atoms with Gasteiger partial charge in [0.1, 0.15) is 6.04 Å². The summed E-state index contributed by atoms with van der Waals surface area (Å²) < 4.78 is 5.10. The van der Waals surface area contributed by atoms with E-state index in [0.29, 0.717) is 13.0 Å². The molecule has 2 heterocycles. The Balaban J connectivity index is 1.68. The Morgan fingerprint density at radius 2 is 1.88 bits per heavy atom. The first kappa shape index (κ1) is 17.0. The molecule has 25 heavy (non-hydrogen) atoms. The van der Waals surface area contributed by atoms with Crippen molar-refractivity contribution >= 4 is 23.2 Å². The third-order valence-corrected chi connectivity index (χ3v) is 4.54. The molecule has 2 aromatic heterocycles. The van der Waals surface area contributed by atoms with E-state index < -0.39 is 11.9 Å². The van der Waals surface area contributed by atoms with Crippen molar-refractivity contribution in [3.8, 4) is 0 Å². The van der Waals surface area contributed by atoms with Gasteiger partial charge in [-0.05, 0) is 29.1 Å². The molecule has 5 nitrogen and oxygen atoms in total. The Morgan fingerprint density at radius 3 is 2.56 bits per heavy atom. The highest BCUT2D eigenvalue weighted by molar-refractivity contribution is 7.09. The van der Waals surface area contributed by atoms with Crippen molar-refractivity contribution in [3.63, 3.8) is 0 Å². The lowest BCUT2D eigenvalue weighted by Crippen LogP contribution is -2.47. The maximum absolute atomic E-state index is 12.6. The monoisotopic (exact) mass is 354 g/mol. The summed E-state index contributed by atoms with van der Waals surface area (Å²) in [5, 5.41) is 7.60. The highest BCUT2D eigenvalue weighted by atomic mass is 32.1. The molecule has 1 aromatic carbocycles. The summed E-state index contributed by atoms with van der Waals surface area (Å²) in [6, 6.07) is 16.0. The molecule has 128 valence electrons. The second kappa shape index (κ2) is 8.30. The molecular weight excluding hydrogens is 336 g/mol. The van der Waals surface area contributed by atoms with Gasteiger partial charge < -0.3 is 15.1 Å². The minimum absolute atomic E-state index is 0.184. The van der Waals surface area contributed by atoms with E-state index in [1.54, 1.807) is 23.5 Å². The van der Waals surface area contributed by atoms with Crippen LogP contribution in [0.4, 0.5) is 0 Å². The van der Waals surface area contributed by atoms with Gasteiger partial charge in [0.25, 0.3) is 5.91 Å². The van der Waals surface area contributed by atoms with E-state index in [4.69, 9.17) is 4.42 Å². The molecule has 0 bridgehead atoms. The van der Waals surface area contributed by atoms with Crippen molar-refractivity contribution in [1.82, 2.24) is 10.6 Å². The number of amides is 2. The molecule has 3 rings (SSSR count). The maximum Gasteiger partial charge on any atom is 0.287 e. The number of carbonyl (C=O) groups excluding carboxylic acids is 2. The van der Waals surface area contributed by atoms with Crippen molar-refractivity contribution in [2.24, 2.45) is 0 Å². The van der Waals surface area contributed by atoms with E-state index in [2.05, 4.69) is 10.6 Å². The van der Waals surface area contributed by atoms with Crippen LogP contribution in [0.3, 0.4) is 0 Å². The third kappa shape index (κ3) is 4.81. The summed E-state index contributed by atoms with van der Waals surface area (Å²) >= 11 is 1.58. The largest absolute Gasteiger partial charge is 0.459 e. The van der Waals surface area contributed by atoms with Gasteiger partial charge in [-0.3, -0.25) is 9.59 Å². The number of hydrogen-bond acceptors (Lipinski definition) is 4. The van der Waals surface area contributed by atoms with Crippen molar-refractivity contribution in [3.05, 3.63) is 82.4 Å². The normalized spacial score (nSPS) is 11.7. The van der Waals surface area contributed by atoms with Gasteiger partial charge in [-0.2, -0.15) is 0 Å². The van der Waals surface area contributed by atoms with Crippen molar-refractivity contribution in [2.75, 3.05) is 0 Å². The molecule has 1 unspecified atom stereocenters. The van der Waals surface area contributed by atoms with E-state index in [0.717, 1.165) is 10.4 Å². The van der Waals surface area contributed by atoms with Crippen LogP contribution in [0.2, 0.25) is 0 Å². The predicted octanol–water partition coefficient (Wildman–Crippen LogP) is 3.00. The van der Waals surface area contributed by atoms with Crippen LogP contribution in [-0.4, -0.2) is 17.9 Å². The van der Waals surface area contributed by atoms with Gasteiger partial charge in [0.15, 0.2) is 5.76 Å². The van der Waals surface area contributed by atoms with Crippen LogP contribution in [0.5, 0.6) is 0 Å². The van der Waals surface area contributed by atoms with Crippen LogP contribution in [-0.2, 0) is 17.8 Å². The maximum atomic E-state index is 12.6. The molecule has 6 heteroatoms. The fourth-order valence-electron chi connectivity index (χ4n) is 2.41. The van der Waals surface area contributed by atoms with Gasteiger partial charge in [-0.1, -0.05) is 36.4 Å². The number of carbonyl (C=O) groups is 2. The van der Waals surface area contributed by atoms with E-state index in [9.17, 15) is 9.59 Å². The van der Waals surface area contributed by atoms with Crippen LogP contribution in [0.15, 0.2) is 70.7 Å². The highest BCUT2D eigenvalue weighted by Crippen LogP contribution is 2.09. The summed E-state index contributed by atoms with van der Waals surface area (Å²) in [5.74, 6) is -0.446. The number of thiophene rings is 1. The molecular formula is C19H18N2O3S. The van der Waals surface area contributed by atoms with Crippen molar-refractivity contribution in [1.29, 1.82) is 0 Å². The highest BCUT2D eigenvalue weighted by Gasteiger charge is 2.22. The van der Waals surface area contributed by atoms with Gasteiger partial charge in [0.05, 0.1) is 12.8 Å². The molecule has 0 saturated heterocycles. The number of hydrogen-bond donors (Lipinski definition) is 2. The molecule has 2 amide bonds.